The summed E-state index contributed by atoms with van der Waals surface area (Å²) in [4.78, 5) is 23.9. The molecule has 2 heterocycles. The van der Waals surface area contributed by atoms with Crippen LogP contribution in [-0.2, 0) is 4.79 Å². The number of nitrogens with zero attached hydrogens (tertiary/aromatic N) is 3. The summed E-state index contributed by atoms with van der Waals surface area (Å²) < 4.78 is 0. The van der Waals surface area contributed by atoms with Gasteiger partial charge in [-0.25, -0.2) is 9.97 Å². The minimum Gasteiger partial charge on any atom is -0.325 e. The van der Waals surface area contributed by atoms with Crippen LogP contribution in [0.2, 0.25) is 5.02 Å². The van der Waals surface area contributed by atoms with E-state index >= 15 is 0 Å². The number of aromatic nitrogens is 2. The number of hydrogen-bond acceptors (Lipinski definition) is 5. The molecule has 7 heteroatoms. The van der Waals surface area contributed by atoms with Gasteiger partial charge in [-0.2, -0.15) is 0 Å². The largest absolute Gasteiger partial charge is 0.325 e. The summed E-state index contributed by atoms with van der Waals surface area (Å²) in [6.45, 7) is 0. The fraction of sp³-hybridized carbons (Fsp3) is 0.421. The summed E-state index contributed by atoms with van der Waals surface area (Å²) in [5.41, 5.74) is 6.55. The second-order valence-corrected chi connectivity index (χ2v) is 7.38. The van der Waals surface area contributed by atoms with Crippen LogP contribution < -0.4 is 15.8 Å². The zero-order chi connectivity index (χ0) is 17.9. The molecule has 0 unspecified atom stereocenters. The van der Waals surface area contributed by atoms with Crippen molar-refractivity contribution in [3.05, 3.63) is 47.7 Å². The Morgan fingerprint density at radius 1 is 1.15 bits per heavy atom. The molecule has 2 fully saturated rings. The van der Waals surface area contributed by atoms with Crippen LogP contribution in [0.15, 0.2) is 42.7 Å². The number of benzene rings is 1. The number of halogens is 1. The number of hydrazine groups is 1. The van der Waals surface area contributed by atoms with Crippen LogP contribution in [0.3, 0.4) is 0 Å². The van der Waals surface area contributed by atoms with E-state index < -0.39 is 0 Å². The molecular formula is C19H22ClN5O. The molecule has 2 aliphatic rings. The van der Waals surface area contributed by atoms with Gasteiger partial charge in [-0.1, -0.05) is 30.5 Å². The van der Waals surface area contributed by atoms with Crippen molar-refractivity contribution in [1.29, 1.82) is 0 Å². The Hall–Kier alpha value is -2.34. The van der Waals surface area contributed by atoms with Gasteiger partial charge in [0.2, 0.25) is 5.95 Å². The highest BCUT2D eigenvalue weighted by Crippen LogP contribution is 2.41. The van der Waals surface area contributed by atoms with Crippen molar-refractivity contribution in [3.8, 4) is 0 Å². The van der Waals surface area contributed by atoms with Gasteiger partial charge in [-0.3, -0.25) is 15.6 Å². The lowest BCUT2D eigenvalue weighted by molar-refractivity contribution is -0.121. The number of anilines is 2. The minimum absolute atomic E-state index is 0.0631. The summed E-state index contributed by atoms with van der Waals surface area (Å²) in [6, 6.07) is 9.14. The molecule has 2 aromatic rings. The van der Waals surface area contributed by atoms with E-state index in [0.29, 0.717) is 22.9 Å². The van der Waals surface area contributed by atoms with E-state index in [4.69, 9.17) is 11.6 Å². The SMILES string of the molecule is O=C(NNc1cccc(Cl)c1)[C@@H]1C[C@@H]2CCCC[C@@H]2N1c1ncccn1. The van der Waals surface area contributed by atoms with Gasteiger partial charge in [0, 0.05) is 23.5 Å². The molecule has 26 heavy (non-hydrogen) atoms. The van der Waals surface area contributed by atoms with E-state index in [1.807, 2.05) is 12.1 Å². The van der Waals surface area contributed by atoms with Crippen LogP contribution in [0.1, 0.15) is 32.1 Å². The van der Waals surface area contributed by atoms with Crippen LogP contribution in [-0.4, -0.2) is 28.0 Å². The molecule has 0 bridgehead atoms. The first-order valence-corrected chi connectivity index (χ1v) is 9.47. The molecule has 1 aromatic heterocycles. The molecule has 0 radical (unpaired) electrons. The standard InChI is InChI=1S/C19H22ClN5O/c20-14-6-3-7-15(12-14)23-24-18(26)17-11-13-5-1-2-8-16(13)25(17)19-21-9-4-10-22-19/h3-4,6-7,9-10,12-13,16-17,23H,1-2,5,8,11H2,(H,24,26)/t13-,16-,17-/m0/s1. The predicted molar refractivity (Wildman–Crippen MR) is 102 cm³/mol. The van der Waals surface area contributed by atoms with Gasteiger partial charge in [0.25, 0.3) is 5.91 Å². The Labute approximate surface area is 157 Å². The lowest BCUT2D eigenvalue weighted by Crippen LogP contribution is -2.48. The van der Waals surface area contributed by atoms with E-state index in [9.17, 15) is 4.79 Å². The molecule has 1 amide bonds. The Morgan fingerprint density at radius 3 is 2.77 bits per heavy atom. The van der Waals surface area contributed by atoms with Gasteiger partial charge in [-0.15, -0.1) is 0 Å². The number of carbonyl (C=O) groups excluding carboxylic acids is 1. The lowest BCUT2D eigenvalue weighted by atomic mass is 9.85. The van der Waals surface area contributed by atoms with Crippen LogP contribution in [0, 0.1) is 5.92 Å². The molecule has 3 atom stereocenters. The molecule has 1 saturated carbocycles. The van der Waals surface area contributed by atoms with Crippen LogP contribution in [0.25, 0.3) is 0 Å². The van der Waals surface area contributed by atoms with Crippen molar-refractivity contribution in [3.63, 3.8) is 0 Å². The second kappa shape index (κ2) is 7.50. The summed E-state index contributed by atoms with van der Waals surface area (Å²) in [5.74, 6) is 1.10. The van der Waals surface area contributed by atoms with E-state index in [0.717, 1.165) is 18.5 Å². The highest BCUT2D eigenvalue weighted by molar-refractivity contribution is 6.30. The summed E-state index contributed by atoms with van der Waals surface area (Å²) >= 11 is 6.00. The molecule has 0 spiro atoms. The van der Waals surface area contributed by atoms with Crippen molar-refractivity contribution < 1.29 is 4.79 Å². The molecule has 1 aliphatic carbocycles. The molecule has 1 aliphatic heterocycles. The van der Waals surface area contributed by atoms with E-state index in [1.165, 1.54) is 19.3 Å². The Kier molecular flexibility index (Phi) is 4.93. The number of amides is 1. The van der Waals surface area contributed by atoms with E-state index in [-0.39, 0.29) is 11.9 Å². The van der Waals surface area contributed by atoms with Crippen LogP contribution in [0.5, 0.6) is 0 Å². The quantitative estimate of drug-likeness (QED) is 0.806. The Balaban J connectivity index is 1.52. The Bertz CT molecular complexity index is 772. The van der Waals surface area contributed by atoms with Crippen molar-refractivity contribution in [2.24, 2.45) is 5.92 Å². The van der Waals surface area contributed by atoms with Gasteiger partial charge in [0.05, 0.1) is 5.69 Å². The lowest BCUT2D eigenvalue weighted by Gasteiger charge is -2.33. The van der Waals surface area contributed by atoms with Gasteiger partial charge in [0.15, 0.2) is 0 Å². The molecule has 1 aromatic carbocycles. The first kappa shape index (κ1) is 17.1. The highest BCUT2D eigenvalue weighted by Gasteiger charge is 2.46. The zero-order valence-electron chi connectivity index (χ0n) is 14.4. The van der Waals surface area contributed by atoms with Crippen molar-refractivity contribution >= 4 is 29.1 Å². The maximum absolute atomic E-state index is 12.9. The van der Waals surface area contributed by atoms with Crippen molar-refractivity contribution in [2.45, 2.75) is 44.2 Å². The average Bonchev–Trinajstić information content (AvgIpc) is 3.06. The first-order chi connectivity index (χ1) is 12.7. The third kappa shape index (κ3) is 3.46. The van der Waals surface area contributed by atoms with Crippen molar-refractivity contribution in [1.82, 2.24) is 15.4 Å². The average molecular weight is 372 g/mol. The molecule has 2 N–H and O–H groups in total. The minimum atomic E-state index is -0.266. The maximum atomic E-state index is 12.9. The molecule has 6 nitrogen and oxygen atoms in total. The maximum Gasteiger partial charge on any atom is 0.261 e. The van der Waals surface area contributed by atoms with Crippen molar-refractivity contribution in [2.75, 3.05) is 10.3 Å². The predicted octanol–water partition coefficient (Wildman–Crippen LogP) is 3.41. The number of carbonyl (C=O) groups is 1. The summed E-state index contributed by atoms with van der Waals surface area (Å²) in [7, 11) is 0. The zero-order valence-corrected chi connectivity index (χ0v) is 15.2. The number of rotatable bonds is 4. The molecular weight excluding hydrogens is 350 g/mol. The third-order valence-corrected chi connectivity index (χ3v) is 5.56. The molecule has 4 rings (SSSR count). The van der Waals surface area contributed by atoms with Crippen LogP contribution in [0.4, 0.5) is 11.6 Å². The van der Waals surface area contributed by atoms with Gasteiger partial charge in [-0.05, 0) is 49.4 Å². The fourth-order valence-electron chi connectivity index (χ4n) is 4.19. The van der Waals surface area contributed by atoms with Gasteiger partial charge < -0.3 is 4.90 Å². The summed E-state index contributed by atoms with van der Waals surface area (Å²) in [5, 5.41) is 0.621. The third-order valence-electron chi connectivity index (χ3n) is 5.33. The fourth-order valence-corrected chi connectivity index (χ4v) is 4.38. The number of fused-ring (bicyclic) bond motifs is 1. The number of hydrogen-bond donors (Lipinski definition) is 2. The van der Waals surface area contributed by atoms with Crippen LogP contribution >= 0.6 is 11.6 Å². The topological polar surface area (TPSA) is 70.2 Å². The number of nitrogens with one attached hydrogen (secondary N) is 2. The highest BCUT2D eigenvalue weighted by atomic mass is 35.5. The van der Waals surface area contributed by atoms with E-state index in [2.05, 4.69) is 25.7 Å². The van der Waals surface area contributed by atoms with Gasteiger partial charge in [0.1, 0.15) is 6.04 Å². The Morgan fingerprint density at radius 2 is 1.96 bits per heavy atom. The smallest absolute Gasteiger partial charge is 0.261 e. The first-order valence-electron chi connectivity index (χ1n) is 9.09. The summed E-state index contributed by atoms with van der Waals surface area (Å²) in [6.07, 6.45) is 8.99. The van der Waals surface area contributed by atoms with Gasteiger partial charge >= 0.3 is 0 Å². The molecule has 1 saturated heterocycles. The normalized spacial score (nSPS) is 24.8. The van der Waals surface area contributed by atoms with E-state index in [1.54, 1.807) is 30.6 Å². The second-order valence-electron chi connectivity index (χ2n) is 6.94. The molecule has 136 valence electrons. The monoisotopic (exact) mass is 371 g/mol.